The van der Waals surface area contributed by atoms with Crippen molar-refractivity contribution in [3.05, 3.63) is 47.7 Å². The second kappa shape index (κ2) is 6.51. The molecule has 0 spiro atoms. The van der Waals surface area contributed by atoms with Gasteiger partial charge in [-0.1, -0.05) is 11.6 Å². The van der Waals surface area contributed by atoms with E-state index in [2.05, 4.69) is 10.3 Å². The van der Waals surface area contributed by atoms with E-state index >= 15 is 0 Å². The largest absolute Gasteiger partial charge is 0.326 e. The molecule has 6 nitrogen and oxygen atoms in total. The summed E-state index contributed by atoms with van der Waals surface area (Å²) in [7, 11) is -3.95. The summed E-state index contributed by atoms with van der Waals surface area (Å²) >= 11 is 11.6. The Balaban J connectivity index is 2.31. The topological polar surface area (TPSA) is 79.4 Å². The minimum absolute atomic E-state index is 0.0236. The molecular weight excluding hydrogens is 349 g/mol. The summed E-state index contributed by atoms with van der Waals surface area (Å²) in [5.41, 5.74) is 0.659. The predicted molar refractivity (Wildman–Crippen MR) is 85.5 cm³/mol. The van der Waals surface area contributed by atoms with Gasteiger partial charge < -0.3 is 5.32 Å². The lowest BCUT2D eigenvalue weighted by atomic mass is 10.3. The second-order valence-electron chi connectivity index (χ2n) is 4.26. The summed E-state index contributed by atoms with van der Waals surface area (Å²) in [4.78, 5) is 14.7. The third-order valence-corrected chi connectivity index (χ3v) is 5.04. The first kappa shape index (κ1) is 16.5. The Morgan fingerprint density at radius 1 is 1.23 bits per heavy atom. The number of benzene rings is 1. The van der Waals surface area contributed by atoms with Crippen molar-refractivity contribution in [2.24, 2.45) is 0 Å². The quantitative estimate of drug-likeness (QED) is 0.671. The first-order valence-electron chi connectivity index (χ1n) is 6.01. The van der Waals surface area contributed by atoms with Gasteiger partial charge in [-0.3, -0.25) is 4.79 Å². The highest BCUT2D eigenvalue weighted by atomic mass is 35.5. The van der Waals surface area contributed by atoms with Gasteiger partial charge in [-0.2, -0.15) is 12.2 Å². The minimum Gasteiger partial charge on any atom is -0.326 e. The van der Waals surface area contributed by atoms with E-state index in [1.165, 1.54) is 49.5 Å². The maximum atomic E-state index is 12.4. The molecule has 0 aliphatic rings. The molecule has 1 amide bonds. The number of pyridine rings is 1. The molecule has 0 atom stereocenters. The van der Waals surface area contributed by atoms with Crippen molar-refractivity contribution in [1.82, 2.24) is 4.98 Å². The fraction of sp³-hybridized carbons (Fsp3) is 0.0769. The number of sulfonamides is 1. The molecule has 0 aliphatic heterocycles. The highest BCUT2D eigenvalue weighted by Crippen LogP contribution is 2.27. The molecule has 0 fully saturated rings. The lowest BCUT2D eigenvalue weighted by Gasteiger charge is -2.16. The third kappa shape index (κ3) is 3.68. The van der Waals surface area contributed by atoms with Crippen LogP contribution in [0.5, 0.6) is 0 Å². The van der Waals surface area contributed by atoms with Gasteiger partial charge in [0.05, 0.1) is 10.6 Å². The van der Waals surface area contributed by atoms with Gasteiger partial charge in [-0.25, -0.2) is 4.98 Å². The lowest BCUT2D eigenvalue weighted by Crippen LogP contribution is -2.21. The Labute approximate surface area is 137 Å². The minimum atomic E-state index is -3.95. The van der Waals surface area contributed by atoms with Crippen molar-refractivity contribution in [2.75, 3.05) is 9.14 Å². The van der Waals surface area contributed by atoms with Crippen molar-refractivity contribution < 1.29 is 13.2 Å². The Bertz CT molecular complexity index is 794. The van der Waals surface area contributed by atoms with Crippen LogP contribution in [0.1, 0.15) is 6.92 Å². The van der Waals surface area contributed by atoms with Gasteiger partial charge in [0, 0.05) is 36.7 Å². The average Bonchev–Trinajstić information content (AvgIpc) is 2.46. The zero-order valence-corrected chi connectivity index (χ0v) is 13.7. The number of hydrogen-bond donors (Lipinski definition) is 1. The SMILES string of the molecule is CC(=O)Nc1ccc(S(=O)(=O)N(Cl)c2ccnc(Cl)c2)cc1. The van der Waals surface area contributed by atoms with Gasteiger partial charge in [0.1, 0.15) is 5.15 Å². The molecule has 1 N–H and O–H groups in total. The van der Waals surface area contributed by atoms with Crippen LogP contribution in [0.4, 0.5) is 11.4 Å². The molecule has 0 radical (unpaired) electrons. The number of anilines is 2. The smallest absolute Gasteiger partial charge is 0.278 e. The number of aromatic nitrogens is 1. The summed E-state index contributed by atoms with van der Waals surface area (Å²) in [6.45, 7) is 1.36. The van der Waals surface area contributed by atoms with E-state index in [0.717, 1.165) is 0 Å². The molecule has 2 rings (SSSR count). The number of halogens is 2. The number of nitrogens with one attached hydrogen (secondary N) is 1. The number of rotatable bonds is 4. The average molecular weight is 360 g/mol. The number of carbonyl (C=O) groups excluding carboxylic acids is 1. The molecule has 1 heterocycles. The molecule has 22 heavy (non-hydrogen) atoms. The van der Waals surface area contributed by atoms with Gasteiger partial charge >= 0.3 is 0 Å². The Morgan fingerprint density at radius 3 is 2.41 bits per heavy atom. The summed E-state index contributed by atoms with van der Waals surface area (Å²) in [5, 5.41) is 2.67. The van der Waals surface area contributed by atoms with Crippen LogP contribution in [0.15, 0.2) is 47.5 Å². The Morgan fingerprint density at radius 2 is 1.86 bits per heavy atom. The van der Waals surface area contributed by atoms with Crippen molar-refractivity contribution in [3.63, 3.8) is 0 Å². The van der Waals surface area contributed by atoms with Crippen LogP contribution < -0.4 is 9.14 Å². The molecule has 0 saturated carbocycles. The molecule has 0 unspecified atom stereocenters. The van der Waals surface area contributed by atoms with E-state index in [4.69, 9.17) is 23.4 Å². The summed E-state index contributed by atoms with van der Waals surface area (Å²) < 4.78 is 25.4. The van der Waals surface area contributed by atoms with Crippen molar-refractivity contribution in [2.45, 2.75) is 11.8 Å². The van der Waals surface area contributed by atoms with Crippen LogP contribution in [-0.4, -0.2) is 19.3 Å². The van der Waals surface area contributed by atoms with Gasteiger partial charge in [0.25, 0.3) is 10.0 Å². The highest BCUT2D eigenvalue weighted by molar-refractivity contribution is 7.94. The van der Waals surface area contributed by atoms with Crippen LogP contribution >= 0.6 is 23.4 Å². The predicted octanol–water partition coefficient (Wildman–Crippen LogP) is 3.04. The Hall–Kier alpha value is -1.83. The zero-order valence-electron chi connectivity index (χ0n) is 11.3. The molecule has 0 bridgehead atoms. The summed E-state index contributed by atoms with van der Waals surface area (Å²) in [5.74, 6) is -0.249. The second-order valence-corrected chi connectivity index (χ2v) is 6.97. The number of carbonyl (C=O) groups is 1. The third-order valence-electron chi connectivity index (χ3n) is 2.60. The fourth-order valence-electron chi connectivity index (χ4n) is 1.65. The molecular formula is C13H11Cl2N3O3S. The number of hydrogen-bond acceptors (Lipinski definition) is 4. The van der Waals surface area contributed by atoms with Crippen LogP contribution in [0.3, 0.4) is 0 Å². The summed E-state index contributed by atoms with van der Waals surface area (Å²) in [6, 6.07) is 8.38. The van der Waals surface area contributed by atoms with Crippen LogP contribution in [0.25, 0.3) is 0 Å². The first-order valence-corrected chi connectivity index (χ1v) is 8.16. The van der Waals surface area contributed by atoms with E-state index in [1.807, 2.05) is 0 Å². The van der Waals surface area contributed by atoms with Gasteiger partial charge in [0.2, 0.25) is 5.91 Å². The van der Waals surface area contributed by atoms with Gasteiger partial charge in [-0.05, 0) is 30.3 Å². The van der Waals surface area contributed by atoms with Crippen LogP contribution in [0.2, 0.25) is 5.15 Å². The maximum Gasteiger partial charge on any atom is 0.278 e. The van der Waals surface area contributed by atoms with E-state index in [9.17, 15) is 13.2 Å². The zero-order chi connectivity index (χ0) is 16.3. The summed E-state index contributed by atoms with van der Waals surface area (Å²) in [6.07, 6.45) is 1.35. The molecule has 0 saturated heterocycles. The van der Waals surface area contributed by atoms with E-state index in [1.54, 1.807) is 0 Å². The van der Waals surface area contributed by atoms with Crippen molar-refractivity contribution in [1.29, 1.82) is 0 Å². The van der Waals surface area contributed by atoms with Crippen molar-refractivity contribution in [3.8, 4) is 0 Å². The van der Waals surface area contributed by atoms with Gasteiger partial charge in [0.15, 0.2) is 0 Å². The fourth-order valence-corrected chi connectivity index (χ4v) is 3.21. The van der Waals surface area contributed by atoms with E-state index in [0.29, 0.717) is 9.51 Å². The maximum absolute atomic E-state index is 12.4. The Kier molecular flexibility index (Phi) is 4.90. The lowest BCUT2D eigenvalue weighted by molar-refractivity contribution is -0.114. The standard InChI is InChI=1S/C13H11Cl2N3O3S/c1-9(19)17-10-2-4-12(5-3-10)22(20,21)18(15)11-6-7-16-13(14)8-11/h2-8H,1H3,(H,17,19). The highest BCUT2D eigenvalue weighted by Gasteiger charge is 2.23. The van der Waals surface area contributed by atoms with E-state index in [-0.39, 0.29) is 21.6 Å². The van der Waals surface area contributed by atoms with Crippen LogP contribution in [-0.2, 0) is 14.8 Å². The van der Waals surface area contributed by atoms with Crippen molar-refractivity contribution >= 4 is 50.7 Å². The molecule has 1 aromatic heterocycles. The molecule has 0 aliphatic carbocycles. The molecule has 9 heteroatoms. The molecule has 116 valence electrons. The molecule has 1 aromatic carbocycles. The normalized spacial score (nSPS) is 11.0. The van der Waals surface area contributed by atoms with Crippen LogP contribution in [0, 0.1) is 0 Å². The number of nitrogens with zero attached hydrogens (tertiary/aromatic N) is 2. The number of amides is 1. The first-order chi connectivity index (χ1) is 10.3. The van der Waals surface area contributed by atoms with Gasteiger partial charge in [-0.15, -0.1) is 0 Å². The van der Waals surface area contributed by atoms with E-state index < -0.39 is 10.0 Å². The molecule has 2 aromatic rings. The monoisotopic (exact) mass is 359 g/mol.